The van der Waals surface area contributed by atoms with Gasteiger partial charge in [0.05, 0.1) is 11.0 Å². The van der Waals surface area contributed by atoms with Crippen molar-refractivity contribution in [3.8, 4) is 0 Å². The quantitative estimate of drug-likeness (QED) is 0.261. The summed E-state index contributed by atoms with van der Waals surface area (Å²) in [5.41, 5.74) is 6.11. The molecule has 2 heterocycles. The Morgan fingerprint density at radius 1 is 0.625 bits per heavy atom. The number of hydrogen-bond acceptors (Lipinski definition) is 2. The van der Waals surface area contributed by atoms with Crippen molar-refractivity contribution in [2.75, 3.05) is 0 Å². The maximum Gasteiger partial charge on any atom is 0.0968 e. The predicted octanol–water partition coefficient (Wildman–Crippen LogP) is 7.56. The van der Waals surface area contributed by atoms with Gasteiger partial charge in [-0.1, -0.05) is 72.8 Å². The fourth-order valence-electron chi connectivity index (χ4n) is 5.66. The van der Waals surface area contributed by atoms with Gasteiger partial charge in [-0.15, -0.1) is 0 Å². The van der Waals surface area contributed by atoms with Crippen molar-refractivity contribution >= 4 is 43.4 Å². The Bertz CT molecular complexity index is 1660. The zero-order valence-electron chi connectivity index (χ0n) is 17.8. The molecule has 0 amide bonds. The van der Waals surface area contributed by atoms with Gasteiger partial charge < -0.3 is 0 Å². The lowest BCUT2D eigenvalue weighted by molar-refractivity contribution is 0.610. The summed E-state index contributed by atoms with van der Waals surface area (Å²) in [6, 6.07) is 30.8. The monoisotopic (exact) mass is 410 g/mol. The predicted molar refractivity (Wildman–Crippen MR) is 133 cm³/mol. The Balaban J connectivity index is 1.49. The van der Waals surface area contributed by atoms with E-state index < -0.39 is 0 Å². The van der Waals surface area contributed by atoms with Crippen molar-refractivity contribution < 1.29 is 0 Å². The molecule has 1 aliphatic rings. The van der Waals surface area contributed by atoms with Crippen molar-refractivity contribution in [3.63, 3.8) is 0 Å². The standard InChI is InChI=1S/C30H22N2/c1-2-8-23-19(5-1)12-16-25-24(23)15-13-20-6-3-9-26(28(20)25)27-17-14-22-11-10-21-7-4-18-31-29(21)30(22)32-27/h1-2,4-5,7-8,10-18,26H,3,6,9H2. The molecule has 0 N–H and O–H groups in total. The smallest absolute Gasteiger partial charge is 0.0968 e. The first-order valence-electron chi connectivity index (χ1n) is 11.4. The fraction of sp³-hybridized carbons (Fsp3) is 0.133. The molecule has 152 valence electrons. The van der Waals surface area contributed by atoms with Crippen LogP contribution in [0.25, 0.3) is 43.4 Å². The second-order valence-corrected chi connectivity index (χ2v) is 8.91. The Morgan fingerprint density at radius 3 is 2.38 bits per heavy atom. The summed E-state index contributed by atoms with van der Waals surface area (Å²) in [7, 11) is 0. The molecule has 32 heavy (non-hydrogen) atoms. The molecule has 7 rings (SSSR count). The zero-order chi connectivity index (χ0) is 21.1. The van der Waals surface area contributed by atoms with Gasteiger partial charge in [-0.25, -0.2) is 4.98 Å². The van der Waals surface area contributed by atoms with E-state index in [1.54, 1.807) is 0 Å². The summed E-state index contributed by atoms with van der Waals surface area (Å²) >= 11 is 0. The van der Waals surface area contributed by atoms with Gasteiger partial charge in [-0.2, -0.15) is 0 Å². The van der Waals surface area contributed by atoms with Crippen LogP contribution in [0.2, 0.25) is 0 Å². The highest BCUT2D eigenvalue weighted by Crippen LogP contribution is 2.42. The SMILES string of the molecule is c1ccc2c(c1)ccc1c3c(ccc12)CCCC3c1ccc2ccc3cccnc3c2n1. The maximum atomic E-state index is 5.23. The lowest BCUT2D eigenvalue weighted by Crippen LogP contribution is -2.13. The first-order chi connectivity index (χ1) is 15.9. The van der Waals surface area contributed by atoms with Crippen molar-refractivity contribution in [1.29, 1.82) is 0 Å². The van der Waals surface area contributed by atoms with E-state index in [1.165, 1.54) is 39.1 Å². The highest BCUT2D eigenvalue weighted by molar-refractivity contribution is 6.09. The van der Waals surface area contributed by atoms with Gasteiger partial charge in [0.25, 0.3) is 0 Å². The molecule has 1 aliphatic carbocycles. The Morgan fingerprint density at radius 2 is 1.41 bits per heavy atom. The minimum absolute atomic E-state index is 0.312. The average Bonchev–Trinajstić information content (AvgIpc) is 2.87. The first kappa shape index (κ1) is 17.9. The Kier molecular flexibility index (Phi) is 3.83. The van der Waals surface area contributed by atoms with Crippen LogP contribution in [-0.4, -0.2) is 9.97 Å². The van der Waals surface area contributed by atoms with Gasteiger partial charge in [-0.05, 0) is 64.1 Å². The Labute approximate surface area is 186 Å². The topological polar surface area (TPSA) is 25.8 Å². The van der Waals surface area contributed by atoms with Crippen LogP contribution in [-0.2, 0) is 6.42 Å². The highest BCUT2D eigenvalue weighted by Gasteiger charge is 2.26. The molecule has 0 fully saturated rings. The van der Waals surface area contributed by atoms with E-state index in [0.717, 1.165) is 40.3 Å². The summed E-state index contributed by atoms with van der Waals surface area (Å²) in [6.45, 7) is 0. The molecule has 0 saturated carbocycles. The molecule has 0 bridgehead atoms. The minimum atomic E-state index is 0.312. The number of nitrogens with zero attached hydrogens (tertiary/aromatic N) is 2. The van der Waals surface area contributed by atoms with E-state index in [-0.39, 0.29) is 0 Å². The van der Waals surface area contributed by atoms with Crippen LogP contribution in [0.5, 0.6) is 0 Å². The molecule has 4 aromatic carbocycles. The molecular formula is C30H22N2. The second-order valence-electron chi connectivity index (χ2n) is 8.91. The van der Waals surface area contributed by atoms with Crippen molar-refractivity contribution in [2.24, 2.45) is 0 Å². The van der Waals surface area contributed by atoms with Gasteiger partial charge in [0.15, 0.2) is 0 Å². The van der Waals surface area contributed by atoms with Crippen LogP contribution >= 0.6 is 0 Å². The fourth-order valence-corrected chi connectivity index (χ4v) is 5.66. The number of aromatic nitrogens is 2. The van der Waals surface area contributed by atoms with E-state index >= 15 is 0 Å². The van der Waals surface area contributed by atoms with E-state index in [0.29, 0.717) is 5.92 Å². The van der Waals surface area contributed by atoms with Crippen LogP contribution in [0.15, 0.2) is 91.1 Å². The highest BCUT2D eigenvalue weighted by atomic mass is 14.8. The maximum absolute atomic E-state index is 5.23. The molecule has 2 heteroatoms. The third kappa shape index (κ3) is 2.59. The number of fused-ring (bicyclic) bond motifs is 8. The Hall–Kier alpha value is -3.78. The van der Waals surface area contributed by atoms with Gasteiger partial charge in [0, 0.05) is 28.6 Å². The first-order valence-corrected chi connectivity index (χ1v) is 11.4. The van der Waals surface area contributed by atoms with Crippen molar-refractivity contribution in [2.45, 2.75) is 25.2 Å². The largest absolute Gasteiger partial charge is 0.254 e. The number of rotatable bonds is 1. The molecule has 6 aromatic rings. The van der Waals surface area contributed by atoms with Crippen LogP contribution in [0, 0.1) is 0 Å². The van der Waals surface area contributed by atoms with Gasteiger partial charge >= 0.3 is 0 Å². The van der Waals surface area contributed by atoms with Crippen LogP contribution in [0.4, 0.5) is 0 Å². The lowest BCUT2D eigenvalue weighted by atomic mass is 9.77. The molecule has 1 unspecified atom stereocenters. The minimum Gasteiger partial charge on any atom is -0.254 e. The summed E-state index contributed by atoms with van der Waals surface area (Å²) in [5.74, 6) is 0.312. The summed E-state index contributed by atoms with van der Waals surface area (Å²) < 4.78 is 0. The van der Waals surface area contributed by atoms with E-state index in [2.05, 4.69) is 83.8 Å². The molecule has 0 aliphatic heterocycles. The zero-order valence-corrected chi connectivity index (χ0v) is 17.8. The summed E-state index contributed by atoms with van der Waals surface area (Å²) in [5, 5.41) is 7.66. The van der Waals surface area contributed by atoms with Crippen LogP contribution in [0.1, 0.15) is 35.6 Å². The van der Waals surface area contributed by atoms with Crippen molar-refractivity contribution in [3.05, 3.63) is 108 Å². The third-order valence-electron chi connectivity index (χ3n) is 7.16. The number of benzene rings is 4. The number of hydrogen-bond donors (Lipinski definition) is 0. The van der Waals surface area contributed by atoms with Gasteiger partial charge in [0.2, 0.25) is 0 Å². The third-order valence-corrected chi connectivity index (χ3v) is 7.16. The molecule has 2 aromatic heterocycles. The van der Waals surface area contributed by atoms with Gasteiger partial charge in [0.1, 0.15) is 0 Å². The van der Waals surface area contributed by atoms with E-state index in [9.17, 15) is 0 Å². The van der Waals surface area contributed by atoms with Crippen LogP contribution in [0.3, 0.4) is 0 Å². The molecule has 2 nitrogen and oxygen atoms in total. The summed E-state index contributed by atoms with van der Waals surface area (Å²) in [4.78, 5) is 9.89. The van der Waals surface area contributed by atoms with Crippen LogP contribution < -0.4 is 0 Å². The lowest BCUT2D eigenvalue weighted by Gasteiger charge is -2.27. The number of aryl methyl sites for hydroxylation is 1. The number of pyridine rings is 2. The molecule has 0 spiro atoms. The van der Waals surface area contributed by atoms with Crippen molar-refractivity contribution in [1.82, 2.24) is 9.97 Å². The van der Waals surface area contributed by atoms with Gasteiger partial charge in [-0.3, -0.25) is 4.98 Å². The second kappa shape index (κ2) is 6.86. The van der Waals surface area contributed by atoms with E-state index in [4.69, 9.17) is 4.98 Å². The molecule has 0 radical (unpaired) electrons. The summed E-state index contributed by atoms with van der Waals surface area (Å²) in [6.07, 6.45) is 5.34. The normalized spacial score (nSPS) is 16.1. The average molecular weight is 411 g/mol. The van der Waals surface area contributed by atoms with E-state index in [1.807, 2.05) is 12.3 Å². The molecular weight excluding hydrogens is 388 g/mol. The molecule has 1 atom stereocenters. The molecule has 0 saturated heterocycles.